The molecule has 0 aliphatic carbocycles. The van der Waals surface area contributed by atoms with E-state index in [9.17, 15) is 4.79 Å². The van der Waals surface area contributed by atoms with Gasteiger partial charge >= 0.3 is 5.97 Å². The minimum atomic E-state index is -0.902. The fourth-order valence-electron chi connectivity index (χ4n) is 2.58. The zero-order valence-corrected chi connectivity index (χ0v) is 12.8. The van der Waals surface area contributed by atoms with Crippen LogP contribution < -0.4 is 5.32 Å². The Balaban J connectivity index is 2.12. The average Bonchev–Trinajstić information content (AvgIpc) is 2.32. The molecule has 5 heteroatoms. The van der Waals surface area contributed by atoms with E-state index in [0.29, 0.717) is 17.5 Å². The van der Waals surface area contributed by atoms with Gasteiger partial charge in [-0.15, -0.1) is 0 Å². The molecule has 2 N–H and O–H groups in total. The van der Waals surface area contributed by atoms with Crippen molar-refractivity contribution in [3.63, 3.8) is 0 Å². The fourth-order valence-corrected chi connectivity index (χ4v) is 3.07. The van der Waals surface area contributed by atoms with E-state index in [2.05, 4.69) is 40.1 Å². The van der Waals surface area contributed by atoms with Crippen LogP contribution in [0.25, 0.3) is 0 Å². The molecule has 1 aliphatic heterocycles. The van der Waals surface area contributed by atoms with Gasteiger partial charge in [0, 0.05) is 22.7 Å². The Labute approximate surface area is 121 Å². The third kappa shape index (κ3) is 3.70. The summed E-state index contributed by atoms with van der Waals surface area (Å²) >= 11 is 3.36. The number of carboxylic acids is 1. The molecule has 4 nitrogen and oxygen atoms in total. The number of anilines is 1. The number of nitrogens with zero attached hydrogens (tertiary/aromatic N) is 1. The first-order chi connectivity index (χ1) is 8.95. The molecule has 0 spiro atoms. The quantitative estimate of drug-likeness (QED) is 0.896. The molecule has 0 saturated carbocycles. The van der Waals surface area contributed by atoms with Crippen molar-refractivity contribution in [1.29, 1.82) is 0 Å². The molecule has 1 aliphatic rings. The van der Waals surface area contributed by atoms with Gasteiger partial charge in [0.05, 0.1) is 5.56 Å². The Kier molecular flexibility index (Phi) is 4.47. The molecule has 1 heterocycles. The van der Waals surface area contributed by atoms with E-state index < -0.39 is 5.97 Å². The second-order valence-corrected chi connectivity index (χ2v) is 6.23. The highest BCUT2D eigenvalue weighted by Crippen LogP contribution is 2.24. The summed E-state index contributed by atoms with van der Waals surface area (Å²) in [4.78, 5) is 13.4. The van der Waals surface area contributed by atoms with Crippen LogP contribution in [0.15, 0.2) is 22.7 Å². The van der Waals surface area contributed by atoms with Crippen LogP contribution in [0.4, 0.5) is 5.69 Å². The molecular weight excluding hydrogens is 308 g/mol. The van der Waals surface area contributed by atoms with Crippen molar-refractivity contribution in [2.75, 3.05) is 25.5 Å². The van der Waals surface area contributed by atoms with Crippen LogP contribution in [-0.4, -0.2) is 42.2 Å². The van der Waals surface area contributed by atoms with Crippen molar-refractivity contribution in [3.05, 3.63) is 28.2 Å². The molecule has 1 saturated heterocycles. The molecule has 1 aromatic carbocycles. The van der Waals surface area contributed by atoms with Crippen molar-refractivity contribution in [3.8, 4) is 0 Å². The number of benzene rings is 1. The highest BCUT2D eigenvalue weighted by Gasteiger charge is 2.24. The first kappa shape index (κ1) is 14.3. The molecule has 104 valence electrons. The largest absolute Gasteiger partial charge is 0.478 e. The van der Waals surface area contributed by atoms with Crippen LogP contribution in [0.2, 0.25) is 0 Å². The van der Waals surface area contributed by atoms with Crippen LogP contribution >= 0.6 is 15.9 Å². The van der Waals surface area contributed by atoms with Gasteiger partial charge in [0.2, 0.25) is 0 Å². The van der Waals surface area contributed by atoms with Crippen LogP contribution in [0.1, 0.15) is 23.7 Å². The maximum absolute atomic E-state index is 11.0. The minimum absolute atomic E-state index is 0.303. The highest BCUT2D eigenvalue weighted by molar-refractivity contribution is 9.10. The molecule has 1 fully saturated rings. The van der Waals surface area contributed by atoms with E-state index in [4.69, 9.17) is 5.11 Å². The lowest BCUT2D eigenvalue weighted by Gasteiger charge is -2.35. The number of piperidine rings is 1. The van der Waals surface area contributed by atoms with Crippen molar-refractivity contribution in [1.82, 2.24) is 4.90 Å². The minimum Gasteiger partial charge on any atom is -0.478 e. The summed E-state index contributed by atoms with van der Waals surface area (Å²) in [6.07, 6.45) is 1.08. The predicted octanol–water partition coefficient (Wildman–Crippen LogP) is 2.90. The normalized spacial score (nSPS) is 24.2. The van der Waals surface area contributed by atoms with Gasteiger partial charge in [-0.3, -0.25) is 0 Å². The molecule has 0 aromatic heterocycles. The summed E-state index contributed by atoms with van der Waals surface area (Å²) in [5, 5.41) is 12.5. The van der Waals surface area contributed by atoms with Gasteiger partial charge in [0.15, 0.2) is 0 Å². The molecule has 2 atom stereocenters. The van der Waals surface area contributed by atoms with Gasteiger partial charge in [-0.2, -0.15) is 0 Å². The van der Waals surface area contributed by atoms with Crippen LogP contribution in [0.3, 0.4) is 0 Å². The van der Waals surface area contributed by atoms with E-state index in [-0.39, 0.29) is 0 Å². The summed E-state index contributed by atoms with van der Waals surface area (Å²) in [6.45, 7) is 4.36. The second kappa shape index (κ2) is 5.92. The first-order valence-electron chi connectivity index (χ1n) is 6.44. The number of aromatic carboxylic acids is 1. The number of carbonyl (C=O) groups is 1. The van der Waals surface area contributed by atoms with Gasteiger partial charge in [-0.1, -0.05) is 22.9 Å². The Hall–Kier alpha value is -1.07. The van der Waals surface area contributed by atoms with Gasteiger partial charge in [0.1, 0.15) is 0 Å². The van der Waals surface area contributed by atoms with Crippen molar-refractivity contribution in [2.24, 2.45) is 5.92 Å². The van der Waals surface area contributed by atoms with Crippen molar-refractivity contribution < 1.29 is 9.90 Å². The predicted molar refractivity (Wildman–Crippen MR) is 79.8 cm³/mol. The van der Waals surface area contributed by atoms with E-state index >= 15 is 0 Å². The molecule has 0 bridgehead atoms. The molecule has 2 rings (SSSR count). The van der Waals surface area contributed by atoms with Crippen molar-refractivity contribution in [2.45, 2.75) is 19.4 Å². The molecule has 2 unspecified atom stereocenters. The monoisotopic (exact) mass is 326 g/mol. The SMILES string of the molecule is CC1CN(C)CCC1Nc1cc(Br)cc(C(=O)O)c1. The number of hydrogen-bond acceptors (Lipinski definition) is 3. The zero-order valence-electron chi connectivity index (χ0n) is 11.2. The molecule has 0 radical (unpaired) electrons. The summed E-state index contributed by atoms with van der Waals surface area (Å²) in [5.74, 6) is -0.355. The third-order valence-electron chi connectivity index (χ3n) is 3.61. The lowest BCUT2D eigenvalue weighted by molar-refractivity contribution is 0.0697. The fraction of sp³-hybridized carbons (Fsp3) is 0.500. The summed E-state index contributed by atoms with van der Waals surface area (Å²) < 4.78 is 0.787. The van der Waals surface area contributed by atoms with Crippen molar-refractivity contribution >= 4 is 27.6 Å². The van der Waals surface area contributed by atoms with E-state index in [1.807, 2.05) is 6.07 Å². The van der Waals surface area contributed by atoms with Gasteiger partial charge < -0.3 is 15.3 Å². The van der Waals surface area contributed by atoms with Gasteiger partial charge in [-0.05, 0) is 44.1 Å². The highest BCUT2D eigenvalue weighted by atomic mass is 79.9. The summed E-state index contributed by atoms with van der Waals surface area (Å²) in [5.41, 5.74) is 1.17. The number of carboxylic acid groups (broad SMARTS) is 1. The zero-order chi connectivity index (χ0) is 14.0. The first-order valence-corrected chi connectivity index (χ1v) is 7.24. The average molecular weight is 327 g/mol. The Morgan fingerprint density at radius 3 is 2.84 bits per heavy atom. The van der Waals surface area contributed by atoms with Crippen LogP contribution in [0, 0.1) is 5.92 Å². The van der Waals surface area contributed by atoms with E-state index in [0.717, 1.165) is 29.7 Å². The Morgan fingerprint density at radius 1 is 1.47 bits per heavy atom. The maximum atomic E-state index is 11.0. The number of likely N-dealkylation sites (tertiary alicyclic amines) is 1. The third-order valence-corrected chi connectivity index (χ3v) is 4.06. The van der Waals surface area contributed by atoms with Crippen LogP contribution in [-0.2, 0) is 0 Å². The standard InChI is InChI=1S/C14H19BrN2O2/c1-9-8-17(2)4-3-13(9)16-12-6-10(14(18)19)5-11(15)7-12/h5-7,9,13,16H,3-4,8H2,1-2H3,(H,18,19). The lowest BCUT2D eigenvalue weighted by atomic mass is 9.94. The summed E-state index contributed by atoms with van der Waals surface area (Å²) in [7, 11) is 2.13. The van der Waals surface area contributed by atoms with E-state index in [1.165, 1.54) is 0 Å². The lowest BCUT2D eigenvalue weighted by Crippen LogP contribution is -2.43. The van der Waals surface area contributed by atoms with Gasteiger partial charge in [-0.25, -0.2) is 4.79 Å². The second-order valence-electron chi connectivity index (χ2n) is 5.31. The smallest absolute Gasteiger partial charge is 0.335 e. The number of rotatable bonds is 3. The van der Waals surface area contributed by atoms with Gasteiger partial charge in [0.25, 0.3) is 0 Å². The topological polar surface area (TPSA) is 52.6 Å². The molecule has 0 amide bonds. The molecular formula is C14H19BrN2O2. The number of nitrogens with one attached hydrogen (secondary N) is 1. The maximum Gasteiger partial charge on any atom is 0.335 e. The number of halogens is 1. The Morgan fingerprint density at radius 2 is 2.21 bits per heavy atom. The Bertz CT molecular complexity index is 479. The summed E-state index contributed by atoms with van der Waals surface area (Å²) in [6, 6.07) is 5.63. The van der Waals surface area contributed by atoms with Crippen LogP contribution in [0.5, 0.6) is 0 Å². The molecule has 1 aromatic rings. The number of hydrogen-bond donors (Lipinski definition) is 2. The molecule has 19 heavy (non-hydrogen) atoms. The van der Waals surface area contributed by atoms with E-state index in [1.54, 1.807) is 12.1 Å².